The SMILES string of the molecule is NC(=O)c1n[nH]nc1-c1ccc(O)c([N+](=O)[O-])c1. The van der Waals surface area contributed by atoms with E-state index in [1.54, 1.807) is 0 Å². The molecule has 0 spiro atoms. The number of aromatic hydroxyl groups is 1. The number of aromatic nitrogens is 3. The lowest BCUT2D eigenvalue weighted by molar-refractivity contribution is -0.385. The maximum atomic E-state index is 11.1. The Bertz CT molecular complexity index is 636. The predicted molar refractivity (Wildman–Crippen MR) is 58.7 cm³/mol. The minimum Gasteiger partial charge on any atom is -0.502 e. The molecular formula is C9H7N5O4. The second kappa shape index (κ2) is 4.13. The quantitative estimate of drug-likeness (QED) is 0.522. The molecule has 1 amide bonds. The Hall–Kier alpha value is -2.97. The summed E-state index contributed by atoms with van der Waals surface area (Å²) < 4.78 is 0. The van der Waals surface area contributed by atoms with Crippen molar-refractivity contribution in [3.8, 4) is 17.0 Å². The van der Waals surface area contributed by atoms with E-state index in [0.717, 1.165) is 12.1 Å². The van der Waals surface area contributed by atoms with E-state index in [1.807, 2.05) is 0 Å². The zero-order chi connectivity index (χ0) is 13.3. The van der Waals surface area contributed by atoms with Crippen molar-refractivity contribution in [2.24, 2.45) is 5.73 Å². The van der Waals surface area contributed by atoms with Crippen LogP contribution in [0.15, 0.2) is 18.2 Å². The van der Waals surface area contributed by atoms with E-state index in [1.165, 1.54) is 6.07 Å². The topological polar surface area (TPSA) is 148 Å². The van der Waals surface area contributed by atoms with Crippen molar-refractivity contribution >= 4 is 11.6 Å². The van der Waals surface area contributed by atoms with Gasteiger partial charge in [0.1, 0.15) is 5.69 Å². The number of primary amides is 1. The van der Waals surface area contributed by atoms with E-state index in [4.69, 9.17) is 5.73 Å². The average molecular weight is 249 g/mol. The van der Waals surface area contributed by atoms with Gasteiger partial charge in [0.15, 0.2) is 11.4 Å². The van der Waals surface area contributed by atoms with Crippen LogP contribution in [0.2, 0.25) is 0 Å². The molecule has 0 saturated heterocycles. The van der Waals surface area contributed by atoms with E-state index >= 15 is 0 Å². The molecule has 1 aromatic heterocycles. The van der Waals surface area contributed by atoms with E-state index < -0.39 is 22.3 Å². The molecule has 0 aliphatic heterocycles. The van der Waals surface area contributed by atoms with Gasteiger partial charge < -0.3 is 10.8 Å². The summed E-state index contributed by atoms with van der Waals surface area (Å²) >= 11 is 0. The number of hydrogen-bond donors (Lipinski definition) is 3. The molecule has 92 valence electrons. The van der Waals surface area contributed by atoms with Crippen LogP contribution in [0.1, 0.15) is 10.5 Å². The average Bonchev–Trinajstić information content (AvgIpc) is 2.78. The molecule has 0 radical (unpaired) electrons. The Morgan fingerprint density at radius 3 is 2.78 bits per heavy atom. The number of amides is 1. The van der Waals surface area contributed by atoms with Crippen molar-refractivity contribution in [1.29, 1.82) is 0 Å². The lowest BCUT2D eigenvalue weighted by Crippen LogP contribution is -2.12. The summed E-state index contributed by atoms with van der Waals surface area (Å²) in [5, 5.41) is 29.4. The highest BCUT2D eigenvalue weighted by molar-refractivity contribution is 5.96. The smallest absolute Gasteiger partial charge is 0.311 e. The summed E-state index contributed by atoms with van der Waals surface area (Å²) in [5.41, 5.74) is 4.80. The molecule has 1 heterocycles. The number of phenolic OH excluding ortho intramolecular Hbond substituents is 1. The molecule has 0 aliphatic rings. The second-order valence-electron chi connectivity index (χ2n) is 3.35. The normalized spacial score (nSPS) is 10.2. The predicted octanol–water partition coefficient (Wildman–Crippen LogP) is 0.184. The summed E-state index contributed by atoms with van der Waals surface area (Å²) in [7, 11) is 0. The van der Waals surface area contributed by atoms with Crippen LogP contribution in [-0.4, -0.2) is 31.3 Å². The van der Waals surface area contributed by atoms with Crippen molar-refractivity contribution in [3.05, 3.63) is 34.0 Å². The van der Waals surface area contributed by atoms with Gasteiger partial charge in [-0.3, -0.25) is 14.9 Å². The number of benzene rings is 1. The molecule has 1 aromatic carbocycles. The van der Waals surface area contributed by atoms with Crippen LogP contribution in [0.5, 0.6) is 5.75 Å². The van der Waals surface area contributed by atoms with Crippen molar-refractivity contribution in [3.63, 3.8) is 0 Å². The number of nitrogens with two attached hydrogens (primary N) is 1. The number of H-pyrrole nitrogens is 1. The van der Waals surface area contributed by atoms with E-state index in [9.17, 15) is 20.0 Å². The zero-order valence-corrected chi connectivity index (χ0v) is 8.82. The Morgan fingerprint density at radius 1 is 1.44 bits per heavy atom. The van der Waals surface area contributed by atoms with Gasteiger partial charge in [0.2, 0.25) is 0 Å². The van der Waals surface area contributed by atoms with Crippen LogP contribution < -0.4 is 5.73 Å². The van der Waals surface area contributed by atoms with Gasteiger partial charge in [-0.15, -0.1) is 0 Å². The lowest BCUT2D eigenvalue weighted by Gasteiger charge is -2.00. The minimum atomic E-state index is -0.811. The summed E-state index contributed by atoms with van der Waals surface area (Å²) in [6, 6.07) is 3.58. The third-order valence-electron chi connectivity index (χ3n) is 2.23. The van der Waals surface area contributed by atoms with Gasteiger partial charge in [0, 0.05) is 11.6 Å². The van der Waals surface area contributed by atoms with Gasteiger partial charge in [-0.25, -0.2) is 0 Å². The monoisotopic (exact) mass is 249 g/mol. The third-order valence-corrected chi connectivity index (χ3v) is 2.23. The van der Waals surface area contributed by atoms with Crippen LogP contribution >= 0.6 is 0 Å². The van der Waals surface area contributed by atoms with E-state index in [2.05, 4.69) is 15.4 Å². The maximum Gasteiger partial charge on any atom is 0.311 e. The molecule has 0 aliphatic carbocycles. The van der Waals surface area contributed by atoms with Crippen LogP contribution in [-0.2, 0) is 0 Å². The first-order chi connectivity index (χ1) is 8.50. The zero-order valence-electron chi connectivity index (χ0n) is 8.82. The molecule has 0 saturated carbocycles. The highest BCUT2D eigenvalue weighted by atomic mass is 16.6. The third kappa shape index (κ3) is 1.84. The lowest BCUT2D eigenvalue weighted by atomic mass is 10.1. The standard InChI is InChI=1S/C9H7N5O4/c10-9(16)8-7(11-13-12-8)4-1-2-6(15)5(3-4)14(17)18/h1-3,15H,(H2,10,16)(H,11,12,13). The van der Waals surface area contributed by atoms with Gasteiger partial charge in [-0.1, -0.05) is 0 Å². The fourth-order valence-corrected chi connectivity index (χ4v) is 1.42. The van der Waals surface area contributed by atoms with Crippen molar-refractivity contribution in [1.82, 2.24) is 15.4 Å². The molecule has 9 heteroatoms. The Balaban J connectivity index is 2.58. The van der Waals surface area contributed by atoms with Crippen LogP contribution in [0, 0.1) is 10.1 Å². The van der Waals surface area contributed by atoms with Crippen LogP contribution in [0.4, 0.5) is 5.69 Å². The molecule has 0 fully saturated rings. The fraction of sp³-hybridized carbons (Fsp3) is 0. The van der Waals surface area contributed by atoms with Gasteiger partial charge >= 0.3 is 5.69 Å². The molecule has 0 unspecified atom stereocenters. The number of carbonyl (C=O) groups excluding carboxylic acids is 1. The van der Waals surface area contributed by atoms with Crippen LogP contribution in [0.25, 0.3) is 11.3 Å². The van der Waals surface area contributed by atoms with Crippen LogP contribution in [0.3, 0.4) is 0 Å². The Morgan fingerprint density at radius 2 is 2.17 bits per heavy atom. The Labute approximate surface area is 99.4 Å². The number of rotatable bonds is 3. The number of carbonyl (C=O) groups is 1. The fourth-order valence-electron chi connectivity index (χ4n) is 1.42. The minimum absolute atomic E-state index is 0.0885. The summed E-state index contributed by atoms with van der Waals surface area (Å²) in [6.45, 7) is 0. The molecule has 0 atom stereocenters. The number of nitro groups is 1. The van der Waals surface area contributed by atoms with Gasteiger partial charge in [-0.05, 0) is 12.1 Å². The summed E-state index contributed by atoms with van der Waals surface area (Å²) in [5.74, 6) is -1.29. The van der Waals surface area contributed by atoms with Gasteiger partial charge in [-0.2, -0.15) is 15.4 Å². The largest absolute Gasteiger partial charge is 0.502 e. The molecule has 4 N–H and O–H groups in total. The van der Waals surface area contributed by atoms with Crippen molar-refractivity contribution in [2.45, 2.75) is 0 Å². The highest BCUT2D eigenvalue weighted by Crippen LogP contribution is 2.31. The molecular weight excluding hydrogens is 242 g/mol. The summed E-state index contributed by atoms with van der Waals surface area (Å²) in [4.78, 5) is 21.0. The molecule has 2 rings (SSSR count). The number of phenols is 1. The van der Waals surface area contributed by atoms with E-state index in [-0.39, 0.29) is 17.0 Å². The number of nitrogens with zero attached hydrogens (tertiary/aromatic N) is 3. The van der Waals surface area contributed by atoms with Gasteiger partial charge in [0.25, 0.3) is 5.91 Å². The first-order valence-electron chi connectivity index (χ1n) is 4.69. The molecule has 0 bridgehead atoms. The maximum absolute atomic E-state index is 11.1. The molecule has 9 nitrogen and oxygen atoms in total. The summed E-state index contributed by atoms with van der Waals surface area (Å²) in [6.07, 6.45) is 0. The molecule has 2 aromatic rings. The number of hydrogen-bond acceptors (Lipinski definition) is 6. The molecule has 18 heavy (non-hydrogen) atoms. The number of aromatic amines is 1. The van der Waals surface area contributed by atoms with Crippen molar-refractivity contribution in [2.75, 3.05) is 0 Å². The van der Waals surface area contributed by atoms with E-state index in [0.29, 0.717) is 0 Å². The number of nitro benzene ring substituents is 1. The van der Waals surface area contributed by atoms with Gasteiger partial charge in [0.05, 0.1) is 4.92 Å². The number of nitrogens with one attached hydrogen (secondary N) is 1. The Kier molecular flexibility index (Phi) is 2.64. The first kappa shape index (κ1) is 11.5. The highest BCUT2D eigenvalue weighted by Gasteiger charge is 2.19. The first-order valence-corrected chi connectivity index (χ1v) is 4.69. The second-order valence-corrected chi connectivity index (χ2v) is 3.35. The van der Waals surface area contributed by atoms with Crippen molar-refractivity contribution < 1.29 is 14.8 Å².